The normalized spacial score (nSPS) is 23.7. The van der Waals surface area contributed by atoms with Gasteiger partial charge in [0.1, 0.15) is 0 Å². The van der Waals surface area contributed by atoms with Gasteiger partial charge in [0.25, 0.3) is 0 Å². The number of nitrogens with two attached hydrogens (primary N) is 1. The van der Waals surface area contributed by atoms with Crippen LogP contribution in [-0.2, 0) is 6.42 Å². The van der Waals surface area contributed by atoms with Gasteiger partial charge in [-0.3, -0.25) is 4.98 Å². The summed E-state index contributed by atoms with van der Waals surface area (Å²) >= 11 is 4.04. The highest BCUT2D eigenvalue weighted by Crippen LogP contribution is 2.26. The predicted molar refractivity (Wildman–Crippen MR) is 69.5 cm³/mol. The van der Waals surface area contributed by atoms with E-state index in [1.165, 1.54) is 17.3 Å². The first kappa shape index (κ1) is 11.3. The average molecular weight is 240 g/mol. The van der Waals surface area contributed by atoms with Gasteiger partial charge < -0.3 is 5.73 Å². The molecule has 15 heavy (non-hydrogen) atoms. The number of pyridine rings is 1. The van der Waals surface area contributed by atoms with Crippen molar-refractivity contribution in [1.82, 2.24) is 4.98 Å². The number of aromatic nitrogens is 1. The molecule has 1 fully saturated rings. The minimum atomic E-state index is 0.248. The molecule has 2 heterocycles. The van der Waals surface area contributed by atoms with Gasteiger partial charge in [-0.15, -0.1) is 0 Å². The molecule has 1 aliphatic rings. The van der Waals surface area contributed by atoms with Gasteiger partial charge in [-0.25, -0.2) is 0 Å². The van der Waals surface area contributed by atoms with Crippen molar-refractivity contribution in [3.63, 3.8) is 0 Å². The van der Waals surface area contributed by atoms with E-state index in [-0.39, 0.29) is 6.04 Å². The van der Waals surface area contributed by atoms with Crippen LogP contribution in [0, 0.1) is 0 Å². The third-order valence-corrected chi connectivity index (χ3v) is 5.43. The Kier molecular flexibility index (Phi) is 4.35. The smallest absolute Gasteiger partial charge is 0.0419 e. The molecular weight excluding hydrogens is 224 g/mol. The molecule has 2 unspecified atom stereocenters. The summed E-state index contributed by atoms with van der Waals surface area (Å²) in [4.78, 5) is 4.32. The van der Waals surface area contributed by atoms with Gasteiger partial charge in [-0.1, -0.05) is 6.07 Å². The van der Waals surface area contributed by atoms with Crippen LogP contribution in [-0.4, -0.2) is 33.5 Å². The van der Waals surface area contributed by atoms with Crippen molar-refractivity contribution in [1.29, 1.82) is 0 Å². The minimum Gasteiger partial charge on any atom is -0.326 e. The average Bonchev–Trinajstić information content (AvgIpc) is 2.31. The fourth-order valence-electron chi connectivity index (χ4n) is 1.65. The second-order valence-electron chi connectivity index (χ2n) is 3.67. The van der Waals surface area contributed by atoms with Crippen LogP contribution in [0.3, 0.4) is 0 Å². The van der Waals surface area contributed by atoms with Gasteiger partial charge in [-0.05, 0) is 12.1 Å². The van der Waals surface area contributed by atoms with E-state index < -0.39 is 0 Å². The van der Waals surface area contributed by atoms with E-state index in [2.05, 4.69) is 11.1 Å². The zero-order valence-electron chi connectivity index (χ0n) is 8.63. The molecule has 0 amide bonds. The second kappa shape index (κ2) is 5.77. The van der Waals surface area contributed by atoms with E-state index in [1.54, 1.807) is 0 Å². The van der Waals surface area contributed by atoms with E-state index in [4.69, 9.17) is 5.73 Å². The van der Waals surface area contributed by atoms with Crippen LogP contribution < -0.4 is 5.73 Å². The van der Waals surface area contributed by atoms with Crippen LogP contribution in [0.5, 0.6) is 0 Å². The summed E-state index contributed by atoms with van der Waals surface area (Å²) in [5.41, 5.74) is 7.32. The zero-order chi connectivity index (χ0) is 10.5. The van der Waals surface area contributed by atoms with Gasteiger partial charge >= 0.3 is 0 Å². The SMILES string of the molecule is NC(Cc1ccccn1)C1CSCCS1. The van der Waals surface area contributed by atoms with Gasteiger partial charge in [0.15, 0.2) is 0 Å². The lowest BCUT2D eigenvalue weighted by molar-refractivity contribution is 0.653. The van der Waals surface area contributed by atoms with Crippen molar-refractivity contribution in [2.24, 2.45) is 5.73 Å². The van der Waals surface area contributed by atoms with E-state index in [1.807, 2.05) is 41.9 Å². The first-order valence-electron chi connectivity index (χ1n) is 5.21. The molecule has 0 spiro atoms. The summed E-state index contributed by atoms with van der Waals surface area (Å²) in [5.74, 6) is 3.71. The molecule has 82 valence electrons. The molecule has 2 N–H and O–H groups in total. The van der Waals surface area contributed by atoms with E-state index in [9.17, 15) is 0 Å². The Labute approximate surface area is 99.4 Å². The number of nitrogens with zero attached hydrogens (tertiary/aromatic N) is 1. The summed E-state index contributed by atoms with van der Waals surface area (Å²) in [6.45, 7) is 0. The first-order chi connectivity index (χ1) is 7.36. The first-order valence-corrected chi connectivity index (χ1v) is 7.41. The Morgan fingerprint density at radius 2 is 2.40 bits per heavy atom. The quantitative estimate of drug-likeness (QED) is 0.874. The Hall–Kier alpha value is -0.190. The molecule has 1 aliphatic heterocycles. The van der Waals surface area contributed by atoms with Crippen LogP contribution in [0.4, 0.5) is 0 Å². The molecule has 0 radical (unpaired) electrons. The minimum absolute atomic E-state index is 0.248. The van der Waals surface area contributed by atoms with Crippen molar-refractivity contribution >= 4 is 23.5 Å². The molecule has 1 saturated heterocycles. The predicted octanol–water partition coefficient (Wildman–Crippen LogP) is 1.80. The van der Waals surface area contributed by atoms with Crippen LogP contribution >= 0.6 is 23.5 Å². The van der Waals surface area contributed by atoms with Gasteiger partial charge in [0, 0.05) is 46.9 Å². The molecule has 4 heteroatoms. The number of thioether (sulfide) groups is 2. The molecule has 0 saturated carbocycles. The van der Waals surface area contributed by atoms with Gasteiger partial charge in [0.2, 0.25) is 0 Å². The van der Waals surface area contributed by atoms with Crippen LogP contribution in [0.1, 0.15) is 5.69 Å². The molecule has 1 aromatic heterocycles. The molecular formula is C11H16N2S2. The molecule has 2 atom stereocenters. The molecule has 2 nitrogen and oxygen atoms in total. The van der Waals surface area contributed by atoms with Crippen LogP contribution in [0.2, 0.25) is 0 Å². The summed E-state index contributed by atoms with van der Waals surface area (Å²) in [7, 11) is 0. The highest BCUT2D eigenvalue weighted by atomic mass is 32.2. The fourth-order valence-corrected chi connectivity index (χ4v) is 4.47. The summed E-state index contributed by atoms with van der Waals surface area (Å²) in [6.07, 6.45) is 2.74. The standard InChI is InChI=1S/C11H16N2S2/c12-10(11-8-14-5-6-15-11)7-9-3-1-2-4-13-9/h1-4,10-11H,5-8,12H2. The van der Waals surface area contributed by atoms with E-state index >= 15 is 0 Å². The highest BCUT2D eigenvalue weighted by molar-refractivity contribution is 8.06. The lowest BCUT2D eigenvalue weighted by Gasteiger charge is -2.26. The van der Waals surface area contributed by atoms with Gasteiger partial charge in [-0.2, -0.15) is 23.5 Å². The Bertz CT molecular complexity index is 286. The number of rotatable bonds is 3. The number of hydrogen-bond donors (Lipinski definition) is 1. The molecule has 0 aliphatic carbocycles. The fraction of sp³-hybridized carbons (Fsp3) is 0.545. The Morgan fingerprint density at radius 3 is 3.07 bits per heavy atom. The van der Waals surface area contributed by atoms with E-state index in [0.29, 0.717) is 5.25 Å². The van der Waals surface area contributed by atoms with Crippen molar-refractivity contribution in [3.05, 3.63) is 30.1 Å². The summed E-state index contributed by atoms with van der Waals surface area (Å²) in [6, 6.07) is 6.27. The monoisotopic (exact) mass is 240 g/mol. The highest BCUT2D eigenvalue weighted by Gasteiger charge is 2.21. The summed E-state index contributed by atoms with van der Waals surface area (Å²) < 4.78 is 0. The lowest BCUT2D eigenvalue weighted by atomic mass is 10.1. The third-order valence-electron chi connectivity index (χ3n) is 2.49. The van der Waals surface area contributed by atoms with Crippen LogP contribution in [0.25, 0.3) is 0 Å². The van der Waals surface area contributed by atoms with Gasteiger partial charge in [0.05, 0.1) is 0 Å². The number of hydrogen-bond acceptors (Lipinski definition) is 4. The molecule has 0 aromatic carbocycles. The summed E-state index contributed by atoms with van der Waals surface area (Å²) in [5, 5.41) is 0.603. The maximum absolute atomic E-state index is 6.21. The van der Waals surface area contributed by atoms with Crippen molar-refractivity contribution < 1.29 is 0 Å². The molecule has 1 aromatic rings. The van der Waals surface area contributed by atoms with Crippen molar-refractivity contribution in [2.75, 3.05) is 17.3 Å². The lowest BCUT2D eigenvalue weighted by Crippen LogP contribution is -2.38. The third kappa shape index (κ3) is 3.40. The Balaban J connectivity index is 1.88. The molecule has 2 rings (SSSR count). The van der Waals surface area contributed by atoms with E-state index in [0.717, 1.165) is 12.1 Å². The topological polar surface area (TPSA) is 38.9 Å². The van der Waals surface area contributed by atoms with Crippen molar-refractivity contribution in [2.45, 2.75) is 17.7 Å². The zero-order valence-corrected chi connectivity index (χ0v) is 10.3. The largest absolute Gasteiger partial charge is 0.326 e. The Morgan fingerprint density at radius 1 is 1.47 bits per heavy atom. The maximum Gasteiger partial charge on any atom is 0.0419 e. The molecule has 0 bridgehead atoms. The second-order valence-corrected chi connectivity index (χ2v) is 6.17. The van der Waals surface area contributed by atoms with Crippen molar-refractivity contribution in [3.8, 4) is 0 Å². The van der Waals surface area contributed by atoms with Crippen LogP contribution in [0.15, 0.2) is 24.4 Å². The maximum atomic E-state index is 6.21.